The van der Waals surface area contributed by atoms with Crippen molar-refractivity contribution in [3.05, 3.63) is 35.4 Å². The lowest BCUT2D eigenvalue weighted by Crippen LogP contribution is -2.50. The molecule has 0 amide bonds. The highest BCUT2D eigenvalue weighted by Gasteiger charge is 2.36. The summed E-state index contributed by atoms with van der Waals surface area (Å²) in [5.74, 6) is 0. The Balaban J connectivity index is 1.65. The molecule has 2 nitrogen and oxygen atoms in total. The summed E-state index contributed by atoms with van der Waals surface area (Å²) in [6.07, 6.45) is 5.57. The van der Waals surface area contributed by atoms with Crippen LogP contribution in [0.5, 0.6) is 0 Å². The summed E-state index contributed by atoms with van der Waals surface area (Å²) in [7, 11) is 0. The fourth-order valence-electron chi connectivity index (χ4n) is 3.89. The smallest absolute Gasteiger partial charge is 0.0234 e. The van der Waals surface area contributed by atoms with Crippen LogP contribution in [0.4, 0.5) is 0 Å². The first-order chi connectivity index (χ1) is 9.26. The second kappa shape index (κ2) is 5.64. The molecule has 2 heteroatoms. The molecule has 1 atom stereocenters. The number of nitrogens with one attached hydrogen (secondary N) is 1. The van der Waals surface area contributed by atoms with Gasteiger partial charge in [-0.15, -0.1) is 0 Å². The number of likely N-dealkylation sites (tertiary alicyclic amines) is 1. The largest absolute Gasteiger partial charge is 0.316 e. The fraction of sp³-hybridized carbons (Fsp3) is 0.647. The van der Waals surface area contributed by atoms with Crippen LogP contribution in [0.15, 0.2) is 24.3 Å². The van der Waals surface area contributed by atoms with Crippen molar-refractivity contribution in [2.75, 3.05) is 26.2 Å². The number of aryl methyl sites for hydroxylation is 1. The summed E-state index contributed by atoms with van der Waals surface area (Å²) in [4.78, 5) is 2.67. The third-order valence-electron chi connectivity index (χ3n) is 4.79. The van der Waals surface area contributed by atoms with Crippen LogP contribution >= 0.6 is 0 Å². The molecule has 19 heavy (non-hydrogen) atoms. The van der Waals surface area contributed by atoms with E-state index in [2.05, 4.69) is 41.4 Å². The van der Waals surface area contributed by atoms with Crippen LogP contribution in [-0.4, -0.2) is 31.1 Å². The Morgan fingerprint density at radius 2 is 2.16 bits per heavy atom. The quantitative estimate of drug-likeness (QED) is 0.877. The number of hydrogen-bond donors (Lipinski definition) is 1. The first-order valence-corrected chi connectivity index (χ1v) is 7.74. The Hall–Kier alpha value is -0.860. The summed E-state index contributed by atoms with van der Waals surface area (Å²) in [5.41, 5.74) is 3.42. The number of piperidine rings is 2. The van der Waals surface area contributed by atoms with Gasteiger partial charge in [0.1, 0.15) is 0 Å². The van der Waals surface area contributed by atoms with E-state index in [1.165, 1.54) is 63.0 Å². The molecule has 1 aromatic rings. The van der Waals surface area contributed by atoms with Crippen molar-refractivity contribution in [1.82, 2.24) is 10.2 Å². The van der Waals surface area contributed by atoms with Crippen molar-refractivity contribution in [3.8, 4) is 0 Å². The second-order valence-corrected chi connectivity index (χ2v) is 6.58. The van der Waals surface area contributed by atoms with Crippen LogP contribution < -0.4 is 5.32 Å². The molecular formula is C17H26N2. The monoisotopic (exact) mass is 258 g/mol. The predicted molar refractivity (Wildman–Crippen MR) is 80.2 cm³/mol. The molecule has 0 aromatic heterocycles. The zero-order chi connectivity index (χ0) is 13.1. The van der Waals surface area contributed by atoms with Crippen molar-refractivity contribution in [3.63, 3.8) is 0 Å². The highest BCUT2D eigenvalue weighted by atomic mass is 15.1. The van der Waals surface area contributed by atoms with E-state index >= 15 is 0 Å². The molecule has 2 heterocycles. The summed E-state index contributed by atoms with van der Waals surface area (Å²) in [6, 6.07) is 8.98. The highest BCUT2D eigenvalue weighted by molar-refractivity contribution is 5.22. The van der Waals surface area contributed by atoms with E-state index in [9.17, 15) is 0 Å². The van der Waals surface area contributed by atoms with Gasteiger partial charge < -0.3 is 5.32 Å². The molecule has 2 saturated heterocycles. The van der Waals surface area contributed by atoms with E-state index < -0.39 is 0 Å². The molecule has 0 bridgehead atoms. The van der Waals surface area contributed by atoms with Gasteiger partial charge in [-0.25, -0.2) is 0 Å². The molecular weight excluding hydrogens is 232 g/mol. The Kier molecular flexibility index (Phi) is 3.90. The van der Waals surface area contributed by atoms with Gasteiger partial charge in [-0.3, -0.25) is 4.90 Å². The van der Waals surface area contributed by atoms with Crippen LogP contribution in [0, 0.1) is 12.3 Å². The molecule has 2 aliphatic rings. The summed E-state index contributed by atoms with van der Waals surface area (Å²) < 4.78 is 0. The number of hydrogen-bond acceptors (Lipinski definition) is 2. The summed E-state index contributed by atoms with van der Waals surface area (Å²) in [5, 5.41) is 3.61. The minimum absolute atomic E-state index is 0.570. The lowest BCUT2D eigenvalue weighted by molar-refractivity contribution is 0.0600. The van der Waals surface area contributed by atoms with Crippen LogP contribution in [0.25, 0.3) is 0 Å². The van der Waals surface area contributed by atoms with Crippen molar-refractivity contribution in [2.24, 2.45) is 5.41 Å². The van der Waals surface area contributed by atoms with E-state index in [0.717, 1.165) is 6.54 Å². The minimum Gasteiger partial charge on any atom is -0.316 e. The topological polar surface area (TPSA) is 15.3 Å². The molecule has 3 rings (SSSR count). The number of rotatable bonds is 2. The zero-order valence-electron chi connectivity index (χ0n) is 12.1. The predicted octanol–water partition coefficient (Wildman–Crippen LogP) is 2.96. The Morgan fingerprint density at radius 1 is 1.26 bits per heavy atom. The van der Waals surface area contributed by atoms with Gasteiger partial charge >= 0.3 is 0 Å². The standard InChI is InChI=1S/C17H26N2/c1-15-5-2-6-16(11-15)12-19-10-4-8-17(14-19)7-3-9-18-13-17/h2,5-6,11,18H,3-4,7-10,12-14H2,1H3. The molecule has 2 aliphatic heterocycles. The molecule has 1 aromatic carbocycles. The number of nitrogens with zero attached hydrogens (tertiary/aromatic N) is 1. The third kappa shape index (κ3) is 3.18. The fourth-order valence-corrected chi connectivity index (χ4v) is 3.89. The van der Waals surface area contributed by atoms with Gasteiger partial charge in [0, 0.05) is 19.6 Å². The maximum Gasteiger partial charge on any atom is 0.0234 e. The Bertz CT molecular complexity index is 416. The maximum absolute atomic E-state index is 3.61. The van der Waals surface area contributed by atoms with Crippen LogP contribution in [-0.2, 0) is 6.54 Å². The van der Waals surface area contributed by atoms with Crippen molar-refractivity contribution < 1.29 is 0 Å². The molecule has 1 spiro atoms. The highest BCUT2D eigenvalue weighted by Crippen LogP contribution is 2.36. The Morgan fingerprint density at radius 3 is 2.95 bits per heavy atom. The second-order valence-electron chi connectivity index (χ2n) is 6.58. The zero-order valence-corrected chi connectivity index (χ0v) is 12.1. The Labute approximate surface area is 117 Å². The molecule has 0 radical (unpaired) electrons. The minimum atomic E-state index is 0.570. The average molecular weight is 258 g/mol. The van der Waals surface area contributed by atoms with E-state index in [0.29, 0.717) is 5.41 Å². The molecule has 0 saturated carbocycles. The van der Waals surface area contributed by atoms with E-state index in [4.69, 9.17) is 0 Å². The first-order valence-electron chi connectivity index (χ1n) is 7.74. The van der Waals surface area contributed by atoms with Crippen LogP contribution in [0.1, 0.15) is 36.8 Å². The summed E-state index contributed by atoms with van der Waals surface area (Å²) >= 11 is 0. The van der Waals surface area contributed by atoms with Gasteiger partial charge in [0.2, 0.25) is 0 Å². The van der Waals surface area contributed by atoms with E-state index in [-0.39, 0.29) is 0 Å². The van der Waals surface area contributed by atoms with Gasteiger partial charge in [0.15, 0.2) is 0 Å². The van der Waals surface area contributed by atoms with Gasteiger partial charge in [0.25, 0.3) is 0 Å². The third-order valence-corrected chi connectivity index (χ3v) is 4.79. The van der Waals surface area contributed by atoms with E-state index in [1.54, 1.807) is 0 Å². The SMILES string of the molecule is Cc1cccc(CN2CCCC3(CCCNC3)C2)c1. The van der Waals surface area contributed by atoms with Crippen molar-refractivity contribution >= 4 is 0 Å². The summed E-state index contributed by atoms with van der Waals surface area (Å²) in [6.45, 7) is 8.33. The van der Waals surface area contributed by atoms with Gasteiger partial charge in [-0.2, -0.15) is 0 Å². The maximum atomic E-state index is 3.61. The molecule has 1 unspecified atom stereocenters. The number of benzene rings is 1. The molecule has 1 N–H and O–H groups in total. The molecule has 104 valence electrons. The lowest BCUT2D eigenvalue weighted by atomic mass is 9.74. The van der Waals surface area contributed by atoms with Gasteiger partial charge in [-0.1, -0.05) is 29.8 Å². The van der Waals surface area contributed by atoms with Crippen molar-refractivity contribution in [2.45, 2.75) is 39.2 Å². The average Bonchev–Trinajstić information content (AvgIpc) is 2.40. The lowest BCUT2D eigenvalue weighted by Gasteiger charge is -2.45. The first kappa shape index (κ1) is 13.1. The normalized spacial score (nSPS) is 28.7. The van der Waals surface area contributed by atoms with Crippen LogP contribution in [0.2, 0.25) is 0 Å². The molecule has 0 aliphatic carbocycles. The van der Waals surface area contributed by atoms with Gasteiger partial charge in [-0.05, 0) is 56.7 Å². The molecule has 2 fully saturated rings. The van der Waals surface area contributed by atoms with Gasteiger partial charge in [0.05, 0.1) is 0 Å². The van der Waals surface area contributed by atoms with Crippen molar-refractivity contribution in [1.29, 1.82) is 0 Å². The van der Waals surface area contributed by atoms with E-state index in [1.807, 2.05) is 0 Å². The van der Waals surface area contributed by atoms with Crippen LogP contribution in [0.3, 0.4) is 0 Å².